The van der Waals surface area contributed by atoms with Crippen molar-refractivity contribution in [3.8, 4) is 17.1 Å². The number of nitrogens with one attached hydrogen (secondary N) is 1. The Kier molecular flexibility index (Phi) is 5.61. The predicted molar refractivity (Wildman–Crippen MR) is 102 cm³/mol. The third kappa shape index (κ3) is 4.26. The minimum absolute atomic E-state index is 0.0236. The van der Waals surface area contributed by atoms with Gasteiger partial charge < -0.3 is 14.2 Å². The van der Waals surface area contributed by atoms with Crippen molar-refractivity contribution in [3.05, 3.63) is 30.2 Å². The largest absolute Gasteiger partial charge is 0.497 e. The van der Waals surface area contributed by atoms with Crippen LogP contribution in [0.25, 0.3) is 11.4 Å². The fourth-order valence-corrected chi connectivity index (χ4v) is 4.20. The van der Waals surface area contributed by atoms with Gasteiger partial charge in [0.05, 0.1) is 19.7 Å². The fourth-order valence-electron chi connectivity index (χ4n) is 3.27. The predicted octanol–water partition coefficient (Wildman–Crippen LogP) is 1.05. The molecule has 1 aromatic heterocycles. The maximum atomic E-state index is 12.5. The van der Waals surface area contributed by atoms with Crippen molar-refractivity contribution < 1.29 is 14.1 Å². The number of hydrogen-bond donors (Lipinski definition) is 1. The van der Waals surface area contributed by atoms with Crippen molar-refractivity contribution in [3.63, 3.8) is 0 Å². The summed E-state index contributed by atoms with van der Waals surface area (Å²) in [4.78, 5) is 21.1. The maximum Gasteiger partial charge on any atom is 0.241 e. The summed E-state index contributed by atoms with van der Waals surface area (Å²) in [5.74, 6) is 3.92. The minimum Gasteiger partial charge on any atom is -0.497 e. The standard InChI is InChI=1S/C18H23N5O3S/c1-25-14-4-2-13(3-5-14)17-20-16(26-21-17)10-22-6-8-23(9-7-22)18(24)15-11-27-12-19-15/h2-5,15,19H,6-12H2,1H3. The summed E-state index contributed by atoms with van der Waals surface area (Å²) in [6, 6.07) is 7.54. The number of hydrogen-bond acceptors (Lipinski definition) is 8. The molecule has 1 amide bonds. The molecule has 1 unspecified atom stereocenters. The van der Waals surface area contributed by atoms with E-state index >= 15 is 0 Å². The Hall–Kier alpha value is -2.10. The van der Waals surface area contributed by atoms with Crippen LogP contribution < -0.4 is 10.1 Å². The number of carbonyl (C=O) groups excluding carboxylic acids is 1. The van der Waals surface area contributed by atoms with E-state index in [1.807, 2.05) is 29.2 Å². The molecule has 0 saturated carbocycles. The molecule has 0 spiro atoms. The minimum atomic E-state index is -0.0236. The molecule has 144 valence electrons. The quantitative estimate of drug-likeness (QED) is 0.813. The van der Waals surface area contributed by atoms with Gasteiger partial charge in [0.2, 0.25) is 17.6 Å². The number of methoxy groups -OCH3 is 1. The van der Waals surface area contributed by atoms with Crippen LogP contribution in [0.1, 0.15) is 5.89 Å². The van der Waals surface area contributed by atoms with E-state index in [2.05, 4.69) is 20.4 Å². The molecule has 9 heteroatoms. The lowest BCUT2D eigenvalue weighted by Crippen LogP contribution is -2.53. The number of piperazine rings is 1. The van der Waals surface area contributed by atoms with Crippen molar-refractivity contribution in [1.82, 2.24) is 25.3 Å². The summed E-state index contributed by atoms with van der Waals surface area (Å²) in [6.07, 6.45) is 0. The molecule has 3 heterocycles. The van der Waals surface area contributed by atoms with E-state index in [1.54, 1.807) is 18.9 Å². The number of aromatic nitrogens is 2. The Morgan fingerprint density at radius 1 is 1.30 bits per heavy atom. The molecule has 0 bridgehead atoms. The summed E-state index contributed by atoms with van der Waals surface area (Å²) >= 11 is 1.78. The van der Waals surface area contributed by atoms with E-state index in [0.29, 0.717) is 18.3 Å². The molecule has 4 rings (SSSR count). The average Bonchev–Trinajstić information content (AvgIpc) is 3.40. The number of nitrogens with zero attached hydrogens (tertiary/aromatic N) is 4. The molecule has 2 fully saturated rings. The second-order valence-electron chi connectivity index (χ2n) is 6.61. The van der Waals surface area contributed by atoms with Crippen LogP contribution in [0, 0.1) is 0 Å². The number of benzene rings is 1. The van der Waals surface area contributed by atoms with Gasteiger partial charge in [-0.15, -0.1) is 11.8 Å². The van der Waals surface area contributed by atoms with Crippen LogP contribution >= 0.6 is 11.8 Å². The maximum absolute atomic E-state index is 12.5. The molecule has 1 N–H and O–H groups in total. The monoisotopic (exact) mass is 389 g/mol. The lowest BCUT2D eigenvalue weighted by molar-refractivity contribution is -0.134. The van der Waals surface area contributed by atoms with Gasteiger partial charge >= 0.3 is 0 Å². The van der Waals surface area contributed by atoms with E-state index in [0.717, 1.165) is 49.1 Å². The van der Waals surface area contributed by atoms with Crippen molar-refractivity contribution in [2.24, 2.45) is 0 Å². The molecule has 1 atom stereocenters. The number of ether oxygens (including phenoxy) is 1. The van der Waals surface area contributed by atoms with E-state index in [4.69, 9.17) is 9.26 Å². The molecule has 2 aliphatic heterocycles. The van der Waals surface area contributed by atoms with E-state index in [9.17, 15) is 4.79 Å². The van der Waals surface area contributed by atoms with Gasteiger partial charge in [0, 0.05) is 43.4 Å². The van der Waals surface area contributed by atoms with Gasteiger partial charge in [-0.1, -0.05) is 5.16 Å². The first-order valence-corrected chi connectivity index (χ1v) is 10.2. The van der Waals surface area contributed by atoms with Crippen molar-refractivity contribution in [1.29, 1.82) is 0 Å². The molecule has 0 radical (unpaired) electrons. The van der Waals surface area contributed by atoms with Gasteiger partial charge in [-0.05, 0) is 24.3 Å². The molecule has 1 aromatic carbocycles. The molecular formula is C18H23N5O3S. The van der Waals surface area contributed by atoms with Crippen LogP contribution in [-0.2, 0) is 11.3 Å². The van der Waals surface area contributed by atoms with Crippen molar-refractivity contribution in [2.75, 3.05) is 44.9 Å². The van der Waals surface area contributed by atoms with Crippen molar-refractivity contribution >= 4 is 17.7 Å². The van der Waals surface area contributed by atoms with Gasteiger partial charge in [0.15, 0.2) is 0 Å². The van der Waals surface area contributed by atoms with E-state index < -0.39 is 0 Å². The Balaban J connectivity index is 1.30. The van der Waals surface area contributed by atoms with Crippen LogP contribution in [0.5, 0.6) is 5.75 Å². The van der Waals surface area contributed by atoms with Crippen LogP contribution in [0.15, 0.2) is 28.8 Å². The second kappa shape index (κ2) is 8.28. The normalized spacial score (nSPS) is 20.8. The fraction of sp³-hybridized carbons (Fsp3) is 0.500. The molecule has 2 aliphatic rings. The van der Waals surface area contributed by atoms with E-state index in [1.165, 1.54) is 0 Å². The molecule has 2 saturated heterocycles. The lowest BCUT2D eigenvalue weighted by Gasteiger charge is -2.35. The topological polar surface area (TPSA) is 83.7 Å². The van der Waals surface area contributed by atoms with Crippen LogP contribution in [0.4, 0.5) is 0 Å². The SMILES string of the molecule is COc1ccc(-c2noc(CN3CCN(C(=O)C4CSCN4)CC3)n2)cc1. The molecule has 27 heavy (non-hydrogen) atoms. The van der Waals surface area contributed by atoms with Crippen LogP contribution in [0.2, 0.25) is 0 Å². The number of rotatable bonds is 5. The summed E-state index contributed by atoms with van der Waals surface area (Å²) < 4.78 is 10.6. The highest BCUT2D eigenvalue weighted by Gasteiger charge is 2.29. The van der Waals surface area contributed by atoms with E-state index in [-0.39, 0.29) is 11.9 Å². The zero-order valence-electron chi connectivity index (χ0n) is 15.3. The van der Waals surface area contributed by atoms with Gasteiger partial charge in [-0.3, -0.25) is 15.0 Å². The number of thioether (sulfide) groups is 1. The second-order valence-corrected chi connectivity index (χ2v) is 7.64. The Morgan fingerprint density at radius 2 is 2.07 bits per heavy atom. The van der Waals surface area contributed by atoms with Gasteiger partial charge in [0.1, 0.15) is 5.75 Å². The lowest BCUT2D eigenvalue weighted by atomic mass is 10.2. The molecular weight excluding hydrogens is 366 g/mol. The highest BCUT2D eigenvalue weighted by atomic mass is 32.2. The van der Waals surface area contributed by atoms with Crippen LogP contribution in [0.3, 0.4) is 0 Å². The van der Waals surface area contributed by atoms with Gasteiger partial charge in [0.25, 0.3) is 0 Å². The molecule has 0 aliphatic carbocycles. The highest BCUT2D eigenvalue weighted by molar-refractivity contribution is 7.99. The summed E-state index contributed by atoms with van der Waals surface area (Å²) in [5, 5.41) is 7.32. The molecule has 2 aromatic rings. The van der Waals surface area contributed by atoms with Gasteiger partial charge in [-0.25, -0.2) is 0 Å². The number of amides is 1. The smallest absolute Gasteiger partial charge is 0.241 e. The Morgan fingerprint density at radius 3 is 2.74 bits per heavy atom. The zero-order chi connectivity index (χ0) is 18.6. The Labute approximate surface area is 162 Å². The first-order chi connectivity index (χ1) is 13.2. The first-order valence-electron chi connectivity index (χ1n) is 9.02. The third-order valence-corrected chi connectivity index (χ3v) is 5.81. The molecule has 8 nitrogen and oxygen atoms in total. The summed E-state index contributed by atoms with van der Waals surface area (Å²) in [6.45, 7) is 3.70. The Bertz CT molecular complexity index is 768. The third-order valence-electron chi connectivity index (χ3n) is 4.87. The van der Waals surface area contributed by atoms with Gasteiger partial charge in [-0.2, -0.15) is 4.98 Å². The van der Waals surface area contributed by atoms with Crippen molar-refractivity contribution in [2.45, 2.75) is 12.6 Å². The number of carbonyl (C=O) groups is 1. The highest BCUT2D eigenvalue weighted by Crippen LogP contribution is 2.20. The summed E-state index contributed by atoms with van der Waals surface area (Å²) in [7, 11) is 1.64. The first kappa shape index (κ1) is 18.3. The zero-order valence-corrected chi connectivity index (χ0v) is 16.1. The van der Waals surface area contributed by atoms with Crippen LogP contribution in [-0.4, -0.2) is 76.8 Å². The summed E-state index contributed by atoms with van der Waals surface area (Å²) in [5.41, 5.74) is 0.892. The average molecular weight is 389 g/mol.